The van der Waals surface area contributed by atoms with Gasteiger partial charge in [-0.1, -0.05) is 29.4 Å². The Morgan fingerprint density at radius 2 is 2.03 bits per heavy atom. The van der Waals surface area contributed by atoms with E-state index in [-0.39, 0.29) is 11.8 Å². The van der Waals surface area contributed by atoms with Crippen molar-refractivity contribution in [3.8, 4) is 5.75 Å². The first-order valence-corrected chi connectivity index (χ1v) is 9.81. The molecule has 0 spiro atoms. The summed E-state index contributed by atoms with van der Waals surface area (Å²) in [6, 6.07) is 14.4. The summed E-state index contributed by atoms with van der Waals surface area (Å²) in [7, 11) is 0. The molecule has 30 heavy (non-hydrogen) atoms. The molecule has 154 valence electrons. The Bertz CT molecular complexity index is 1040. The fraction of sp³-hybridized carbons (Fsp3) is 0.273. The predicted octanol–water partition coefficient (Wildman–Crippen LogP) is 2.68. The van der Waals surface area contributed by atoms with Gasteiger partial charge in [0.2, 0.25) is 5.89 Å². The van der Waals surface area contributed by atoms with Crippen LogP contribution in [0.5, 0.6) is 5.75 Å². The van der Waals surface area contributed by atoms with Crippen LogP contribution in [0.25, 0.3) is 0 Å². The van der Waals surface area contributed by atoms with E-state index in [0.717, 1.165) is 11.3 Å². The van der Waals surface area contributed by atoms with E-state index >= 15 is 0 Å². The minimum atomic E-state index is -0.576. The van der Waals surface area contributed by atoms with Crippen molar-refractivity contribution >= 4 is 17.5 Å². The molecule has 0 bridgehead atoms. The predicted molar refractivity (Wildman–Crippen MR) is 109 cm³/mol. The van der Waals surface area contributed by atoms with Gasteiger partial charge in [0.15, 0.2) is 11.9 Å². The summed E-state index contributed by atoms with van der Waals surface area (Å²) in [6.07, 6.45) is 1.24. The van der Waals surface area contributed by atoms with Gasteiger partial charge in [0.1, 0.15) is 5.75 Å². The Balaban J connectivity index is 1.28. The molecule has 1 aromatic heterocycles. The molecule has 0 radical (unpaired) electrons. The summed E-state index contributed by atoms with van der Waals surface area (Å²) >= 11 is 0. The summed E-state index contributed by atoms with van der Waals surface area (Å²) in [4.78, 5) is 29.1. The third-order valence-corrected chi connectivity index (χ3v) is 4.75. The normalized spacial score (nSPS) is 14.6. The number of benzene rings is 2. The van der Waals surface area contributed by atoms with Gasteiger partial charge in [-0.15, -0.1) is 0 Å². The molecule has 8 nitrogen and oxygen atoms in total. The summed E-state index contributed by atoms with van der Waals surface area (Å²) in [6.45, 7) is 2.24. The zero-order valence-corrected chi connectivity index (χ0v) is 16.6. The van der Waals surface area contributed by atoms with Crippen molar-refractivity contribution in [1.29, 1.82) is 0 Å². The molecule has 2 aromatic carbocycles. The van der Waals surface area contributed by atoms with Crippen molar-refractivity contribution < 1.29 is 18.8 Å². The molecule has 0 aliphatic carbocycles. The number of anilines is 1. The van der Waals surface area contributed by atoms with Gasteiger partial charge in [0.25, 0.3) is 11.8 Å². The Labute approximate surface area is 173 Å². The summed E-state index contributed by atoms with van der Waals surface area (Å²) in [5, 5.41) is 9.43. The van der Waals surface area contributed by atoms with Gasteiger partial charge in [-0.2, -0.15) is 4.98 Å². The second-order valence-corrected chi connectivity index (χ2v) is 7.08. The first-order chi connectivity index (χ1) is 14.6. The summed E-state index contributed by atoms with van der Waals surface area (Å²) in [5.41, 5.74) is 2.03. The second-order valence-electron chi connectivity index (χ2n) is 7.08. The van der Waals surface area contributed by atoms with Gasteiger partial charge in [-0.3, -0.25) is 9.59 Å². The van der Waals surface area contributed by atoms with E-state index in [9.17, 15) is 9.59 Å². The van der Waals surface area contributed by atoms with Gasteiger partial charge >= 0.3 is 0 Å². The van der Waals surface area contributed by atoms with Crippen molar-refractivity contribution in [3.63, 3.8) is 0 Å². The van der Waals surface area contributed by atoms with Crippen LogP contribution < -0.4 is 15.4 Å². The highest BCUT2D eigenvalue weighted by Gasteiger charge is 2.28. The van der Waals surface area contributed by atoms with Gasteiger partial charge in [-0.25, -0.2) is 0 Å². The SMILES string of the molecule is Cc1noc(CCCNC(=O)c2cccc(NC(=O)C3Cc4ccccc4O3)c2)n1. The number of nitrogens with one attached hydrogen (secondary N) is 2. The molecule has 2 N–H and O–H groups in total. The number of amides is 2. The van der Waals surface area contributed by atoms with Gasteiger partial charge in [0, 0.05) is 30.6 Å². The quantitative estimate of drug-likeness (QED) is 0.585. The number of hydrogen-bond donors (Lipinski definition) is 2. The Hall–Kier alpha value is -3.68. The monoisotopic (exact) mass is 406 g/mol. The zero-order valence-electron chi connectivity index (χ0n) is 16.6. The first kappa shape index (κ1) is 19.6. The van der Waals surface area contributed by atoms with Crippen LogP contribution in [0.3, 0.4) is 0 Å². The molecule has 8 heteroatoms. The zero-order chi connectivity index (χ0) is 20.9. The number of rotatable bonds is 7. The van der Waals surface area contributed by atoms with Crippen LogP contribution in [0.4, 0.5) is 5.69 Å². The molecule has 2 heterocycles. The molecule has 0 saturated heterocycles. The lowest BCUT2D eigenvalue weighted by Crippen LogP contribution is -2.31. The summed E-state index contributed by atoms with van der Waals surface area (Å²) in [5.74, 6) is 1.44. The fourth-order valence-corrected chi connectivity index (χ4v) is 3.27. The third kappa shape index (κ3) is 4.65. The van der Waals surface area contributed by atoms with Crippen LogP contribution in [-0.2, 0) is 17.6 Å². The molecule has 1 unspecified atom stereocenters. The standard InChI is InChI=1S/C22H22N4O4/c1-14-24-20(30-26-14)10-5-11-23-21(27)16-7-4-8-17(12-16)25-22(28)19-13-15-6-2-3-9-18(15)29-19/h2-4,6-9,12,19H,5,10-11,13H2,1H3,(H,23,27)(H,25,28). The molecule has 2 amide bonds. The van der Waals surface area contributed by atoms with Crippen LogP contribution in [0, 0.1) is 6.92 Å². The maximum atomic E-state index is 12.6. The van der Waals surface area contributed by atoms with E-state index in [0.29, 0.717) is 48.8 Å². The number of ether oxygens (including phenoxy) is 1. The van der Waals surface area contributed by atoms with Crippen LogP contribution in [0.15, 0.2) is 53.1 Å². The number of fused-ring (bicyclic) bond motifs is 1. The average molecular weight is 406 g/mol. The van der Waals surface area contributed by atoms with Crippen molar-refractivity contribution in [2.45, 2.75) is 32.3 Å². The van der Waals surface area contributed by atoms with Crippen molar-refractivity contribution in [2.75, 3.05) is 11.9 Å². The van der Waals surface area contributed by atoms with Crippen LogP contribution in [-0.4, -0.2) is 34.6 Å². The number of carbonyl (C=O) groups is 2. The molecule has 1 aliphatic rings. The van der Waals surface area contributed by atoms with E-state index in [4.69, 9.17) is 9.26 Å². The number of nitrogens with zero attached hydrogens (tertiary/aromatic N) is 2. The topological polar surface area (TPSA) is 106 Å². The van der Waals surface area contributed by atoms with Gasteiger partial charge in [0.05, 0.1) is 0 Å². The highest BCUT2D eigenvalue weighted by atomic mass is 16.5. The number of aromatic nitrogens is 2. The number of carbonyl (C=O) groups excluding carboxylic acids is 2. The van der Waals surface area contributed by atoms with Gasteiger partial charge in [-0.05, 0) is 43.2 Å². The second kappa shape index (κ2) is 8.77. The van der Waals surface area contributed by atoms with E-state index in [1.165, 1.54) is 0 Å². The van der Waals surface area contributed by atoms with E-state index < -0.39 is 6.10 Å². The highest BCUT2D eigenvalue weighted by molar-refractivity contribution is 5.98. The van der Waals surface area contributed by atoms with Crippen molar-refractivity contribution in [3.05, 3.63) is 71.4 Å². The summed E-state index contributed by atoms with van der Waals surface area (Å²) < 4.78 is 10.8. The maximum absolute atomic E-state index is 12.6. The Morgan fingerprint density at radius 1 is 1.17 bits per heavy atom. The van der Waals surface area contributed by atoms with Crippen molar-refractivity contribution in [1.82, 2.24) is 15.5 Å². The first-order valence-electron chi connectivity index (χ1n) is 9.81. The Morgan fingerprint density at radius 3 is 2.83 bits per heavy atom. The molecular weight excluding hydrogens is 384 g/mol. The maximum Gasteiger partial charge on any atom is 0.265 e. The molecule has 1 aliphatic heterocycles. The van der Waals surface area contributed by atoms with E-state index in [2.05, 4.69) is 20.8 Å². The highest BCUT2D eigenvalue weighted by Crippen LogP contribution is 2.28. The molecule has 1 atom stereocenters. The van der Waals surface area contributed by atoms with Crippen LogP contribution >= 0.6 is 0 Å². The lowest BCUT2D eigenvalue weighted by atomic mass is 10.1. The number of hydrogen-bond acceptors (Lipinski definition) is 6. The lowest BCUT2D eigenvalue weighted by molar-refractivity contribution is -0.122. The molecule has 0 saturated carbocycles. The Kier molecular flexibility index (Phi) is 5.74. The van der Waals surface area contributed by atoms with E-state index in [1.807, 2.05) is 24.3 Å². The minimum absolute atomic E-state index is 0.211. The number of aryl methyl sites for hydroxylation is 2. The lowest BCUT2D eigenvalue weighted by Gasteiger charge is -2.12. The number of para-hydroxylation sites is 1. The molecule has 4 rings (SSSR count). The largest absolute Gasteiger partial charge is 0.480 e. The molecule has 0 fully saturated rings. The average Bonchev–Trinajstić information content (AvgIpc) is 3.37. The fourth-order valence-electron chi connectivity index (χ4n) is 3.27. The van der Waals surface area contributed by atoms with Gasteiger partial charge < -0.3 is 19.9 Å². The van der Waals surface area contributed by atoms with Crippen LogP contribution in [0.2, 0.25) is 0 Å². The minimum Gasteiger partial charge on any atom is -0.480 e. The van der Waals surface area contributed by atoms with Crippen LogP contribution in [0.1, 0.15) is 34.1 Å². The smallest absolute Gasteiger partial charge is 0.265 e. The van der Waals surface area contributed by atoms with E-state index in [1.54, 1.807) is 31.2 Å². The molecule has 3 aromatic rings. The third-order valence-electron chi connectivity index (χ3n) is 4.75. The molecular formula is C22H22N4O4. The van der Waals surface area contributed by atoms with Crippen molar-refractivity contribution in [2.24, 2.45) is 0 Å².